The highest BCUT2D eigenvalue weighted by molar-refractivity contribution is 5.79. The Bertz CT molecular complexity index is 1230. The number of hydrogen-bond donors (Lipinski definition) is 4. The van der Waals surface area contributed by atoms with Crippen molar-refractivity contribution in [3.05, 3.63) is 36.0 Å². The molecule has 0 radical (unpaired) electrons. The molecular weight excluding hydrogens is 468 g/mol. The molecule has 192 valence electrons. The molecule has 9 nitrogen and oxygen atoms in total. The van der Waals surface area contributed by atoms with E-state index in [9.17, 15) is 18.7 Å². The highest BCUT2D eigenvalue weighted by Gasteiger charge is 2.30. The van der Waals surface area contributed by atoms with Gasteiger partial charge in [-0.15, -0.1) is 0 Å². The Hall–Kier alpha value is -3.34. The van der Waals surface area contributed by atoms with Crippen molar-refractivity contribution in [2.45, 2.75) is 69.6 Å². The van der Waals surface area contributed by atoms with Crippen LogP contribution in [0.25, 0.3) is 11.2 Å². The van der Waals surface area contributed by atoms with Gasteiger partial charge in [0.25, 0.3) is 0 Å². The summed E-state index contributed by atoms with van der Waals surface area (Å²) in [4.78, 5) is 26.0. The van der Waals surface area contributed by atoms with Crippen LogP contribution in [0.1, 0.15) is 57.4 Å². The lowest BCUT2D eigenvalue weighted by molar-refractivity contribution is -0.125. The average molecular weight is 500 g/mol. The van der Waals surface area contributed by atoms with E-state index in [0.717, 1.165) is 57.4 Å². The molecule has 0 unspecified atom stereocenters. The van der Waals surface area contributed by atoms with E-state index in [1.165, 1.54) is 12.1 Å². The van der Waals surface area contributed by atoms with Crippen LogP contribution in [0.15, 0.2) is 24.4 Å². The van der Waals surface area contributed by atoms with E-state index in [-0.39, 0.29) is 35.7 Å². The fraction of sp³-hybridized carbons (Fsp3) is 0.520. The van der Waals surface area contributed by atoms with Gasteiger partial charge in [0.05, 0.1) is 18.0 Å². The summed E-state index contributed by atoms with van der Waals surface area (Å²) in [5.41, 5.74) is 1.27. The molecule has 1 amide bonds. The second-order valence-electron chi connectivity index (χ2n) is 9.73. The Morgan fingerprint density at radius 2 is 1.81 bits per heavy atom. The minimum Gasteiger partial charge on any atom is -0.393 e. The van der Waals surface area contributed by atoms with Crippen molar-refractivity contribution in [3.8, 4) is 0 Å². The van der Waals surface area contributed by atoms with Crippen molar-refractivity contribution in [2.75, 3.05) is 17.7 Å². The number of carbonyl (C=O) groups excluding carboxylic acids is 1. The zero-order chi connectivity index (χ0) is 25.2. The first kappa shape index (κ1) is 24.4. The Labute approximate surface area is 207 Å². The Balaban J connectivity index is 1.47. The summed E-state index contributed by atoms with van der Waals surface area (Å²) in [5.74, 6) is -0.502. The number of benzene rings is 1. The number of aliphatic hydroxyl groups excluding tert-OH is 1. The summed E-state index contributed by atoms with van der Waals surface area (Å²) < 4.78 is 29.9. The molecule has 0 spiro atoms. The van der Waals surface area contributed by atoms with Gasteiger partial charge in [-0.3, -0.25) is 9.36 Å². The first-order valence-corrected chi connectivity index (χ1v) is 12.5. The maximum Gasteiger partial charge on any atom is 0.224 e. The number of aromatic nitrogens is 4. The molecule has 2 aliphatic rings. The van der Waals surface area contributed by atoms with Crippen molar-refractivity contribution in [1.29, 1.82) is 0 Å². The monoisotopic (exact) mass is 499 g/mol. The van der Waals surface area contributed by atoms with Crippen LogP contribution in [0.2, 0.25) is 0 Å². The van der Waals surface area contributed by atoms with Crippen molar-refractivity contribution in [2.24, 2.45) is 5.92 Å². The topological polar surface area (TPSA) is 117 Å². The number of amides is 1. The lowest BCUT2D eigenvalue weighted by Crippen LogP contribution is -2.31. The number of aliphatic hydroxyl groups is 1. The van der Waals surface area contributed by atoms with Gasteiger partial charge in [-0.05, 0) is 63.5 Å². The molecular formula is C25H31F2N7O2. The summed E-state index contributed by atoms with van der Waals surface area (Å²) in [5, 5.41) is 18.9. The van der Waals surface area contributed by atoms with Crippen molar-refractivity contribution < 1.29 is 18.7 Å². The normalized spacial score (nSPS) is 24.4. The predicted octanol–water partition coefficient (Wildman–Crippen LogP) is 4.04. The zero-order valence-electron chi connectivity index (χ0n) is 20.2. The number of rotatable bonds is 6. The smallest absolute Gasteiger partial charge is 0.224 e. The Morgan fingerprint density at radius 1 is 1.06 bits per heavy atom. The SMILES string of the molecule is CNC(=O)C1CCC(n2c(Nc3ccc(F)cc3F)nc3cnc(NC4CCC(O)CC4)nc32)CC1. The van der Waals surface area contributed by atoms with E-state index in [0.29, 0.717) is 23.1 Å². The van der Waals surface area contributed by atoms with Crippen molar-refractivity contribution >= 4 is 34.7 Å². The zero-order valence-corrected chi connectivity index (χ0v) is 20.2. The third kappa shape index (κ3) is 5.11. The molecule has 5 rings (SSSR count). The summed E-state index contributed by atoms with van der Waals surface area (Å²) in [6, 6.07) is 3.53. The molecule has 1 aromatic carbocycles. The second-order valence-corrected chi connectivity index (χ2v) is 9.73. The lowest BCUT2D eigenvalue weighted by Gasteiger charge is -2.29. The molecule has 0 bridgehead atoms. The van der Waals surface area contributed by atoms with Gasteiger partial charge in [-0.25, -0.2) is 18.7 Å². The van der Waals surface area contributed by atoms with Gasteiger partial charge < -0.3 is 21.1 Å². The van der Waals surface area contributed by atoms with Crippen LogP contribution >= 0.6 is 0 Å². The number of imidazole rings is 1. The largest absolute Gasteiger partial charge is 0.393 e. The van der Waals surface area contributed by atoms with Crippen molar-refractivity contribution in [3.63, 3.8) is 0 Å². The fourth-order valence-corrected chi connectivity index (χ4v) is 5.31. The van der Waals surface area contributed by atoms with E-state index in [4.69, 9.17) is 4.98 Å². The van der Waals surface area contributed by atoms with Crippen LogP contribution in [0.4, 0.5) is 26.4 Å². The molecule has 2 heterocycles. The Morgan fingerprint density at radius 3 is 2.50 bits per heavy atom. The molecule has 11 heteroatoms. The second kappa shape index (κ2) is 10.3. The Kier molecular flexibility index (Phi) is 6.99. The van der Waals surface area contributed by atoms with Gasteiger partial charge >= 0.3 is 0 Å². The van der Waals surface area contributed by atoms with Crippen molar-refractivity contribution in [1.82, 2.24) is 24.8 Å². The van der Waals surface area contributed by atoms with Gasteiger partial charge in [0.1, 0.15) is 17.2 Å². The first-order chi connectivity index (χ1) is 17.4. The highest BCUT2D eigenvalue weighted by Crippen LogP contribution is 2.37. The fourth-order valence-electron chi connectivity index (χ4n) is 5.31. The molecule has 2 saturated carbocycles. The number of hydrogen-bond acceptors (Lipinski definition) is 7. The standard InChI is InChI=1S/C25H31F2N7O2/c1-28-23(36)14-2-7-17(8-3-14)34-22-21(32-25(34)31-20-11-4-15(26)12-19(20)27)13-29-24(33-22)30-16-5-9-18(35)10-6-16/h4,11-14,16-18,35H,2-3,5-10H2,1H3,(H,28,36)(H,31,32)(H,29,30,33). The predicted molar refractivity (Wildman–Crippen MR) is 132 cm³/mol. The number of fused-ring (bicyclic) bond motifs is 1. The van der Waals surface area contributed by atoms with Gasteiger partial charge in [-0.2, -0.15) is 4.98 Å². The third-order valence-electron chi connectivity index (χ3n) is 7.32. The van der Waals surface area contributed by atoms with E-state index in [1.54, 1.807) is 13.2 Å². The molecule has 0 aliphatic heterocycles. The number of nitrogens with zero attached hydrogens (tertiary/aromatic N) is 4. The quantitative estimate of drug-likeness (QED) is 0.404. The van der Waals surface area contributed by atoms with Crippen LogP contribution in [0, 0.1) is 17.6 Å². The molecule has 0 atom stereocenters. The van der Waals surface area contributed by atoms with Gasteiger partial charge in [-0.1, -0.05) is 0 Å². The minimum atomic E-state index is -0.718. The van der Waals surface area contributed by atoms with Crippen LogP contribution in [-0.2, 0) is 4.79 Å². The molecule has 2 fully saturated rings. The van der Waals surface area contributed by atoms with Gasteiger partial charge in [0.15, 0.2) is 5.65 Å². The van der Waals surface area contributed by atoms with Gasteiger partial charge in [0, 0.05) is 31.1 Å². The molecule has 0 saturated heterocycles. The maximum absolute atomic E-state index is 14.5. The summed E-state index contributed by atoms with van der Waals surface area (Å²) in [6.45, 7) is 0. The molecule has 3 aromatic rings. The van der Waals surface area contributed by atoms with E-state index in [1.807, 2.05) is 4.57 Å². The molecule has 4 N–H and O–H groups in total. The molecule has 2 aromatic heterocycles. The first-order valence-electron chi connectivity index (χ1n) is 12.5. The van der Waals surface area contributed by atoms with Crippen LogP contribution in [-0.4, -0.2) is 49.7 Å². The summed E-state index contributed by atoms with van der Waals surface area (Å²) >= 11 is 0. The lowest BCUT2D eigenvalue weighted by atomic mass is 9.85. The molecule has 2 aliphatic carbocycles. The van der Waals surface area contributed by atoms with Crippen LogP contribution in [0.5, 0.6) is 0 Å². The summed E-state index contributed by atoms with van der Waals surface area (Å²) in [6.07, 6.45) is 7.44. The van der Waals surface area contributed by atoms with E-state index < -0.39 is 11.6 Å². The number of anilines is 3. The minimum absolute atomic E-state index is 0.00510. The summed E-state index contributed by atoms with van der Waals surface area (Å²) in [7, 11) is 1.65. The van der Waals surface area contributed by atoms with Gasteiger partial charge in [0.2, 0.25) is 17.8 Å². The van der Waals surface area contributed by atoms with E-state index >= 15 is 0 Å². The van der Waals surface area contributed by atoms with E-state index in [2.05, 4.69) is 25.9 Å². The number of halogens is 2. The maximum atomic E-state index is 14.5. The number of carbonyl (C=O) groups is 1. The average Bonchev–Trinajstić information content (AvgIpc) is 3.24. The number of nitrogens with one attached hydrogen (secondary N) is 3. The third-order valence-corrected chi connectivity index (χ3v) is 7.32. The molecule has 36 heavy (non-hydrogen) atoms. The highest BCUT2D eigenvalue weighted by atomic mass is 19.1. The van der Waals surface area contributed by atoms with Crippen LogP contribution in [0.3, 0.4) is 0 Å². The van der Waals surface area contributed by atoms with Crippen LogP contribution < -0.4 is 16.0 Å².